The van der Waals surface area contributed by atoms with E-state index < -0.39 is 0 Å². The normalized spacial score (nSPS) is 15.1. The first-order valence-electron chi connectivity index (χ1n) is 6.52. The van der Waals surface area contributed by atoms with Crippen molar-refractivity contribution >= 4 is 17.3 Å². The van der Waals surface area contributed by atoms with Gasteiger partial charge in [0.05, 0.1) is 11.4 Å². The smallest absolute Gasteiger partial charge is 0.253 e. The fourth-order valence-corrected chi connectivity index (χ4v) is 2.05. The van der Waals surface area contributed by atoms with Gasteiger partial charge in [0.15, 0.2) is 0 Å². The Labute approximate surface area is 108 Å². The number of amides is 1. The van der Waals surface area contributed by atoms with Crippen molar-refractivity contribution in [3.8, 4) is 0 Å². The lowest BCUT2D eigenvalue weighted by Gasteiger charge is -2.25. The molecule has 18 heavy (non-hydrogen) atoms. The van der Waals surface area contributed by atoms with Crippen LogP contribution in [0.15, 0.2) is 18.2 Å². The van der Waals surface area contributed by atoms with Gasteiger partial charge in [-0.2, -0.15) is 0 Å². The van der Waals surface area contributed by atoms with E-state index in [1.165, 1.54) is 0 Å². The summed E-state index contributed by atoms with van der Waals surface area (Å²) in [6, 6.07) is 6.06. The number of nitrogens with zero attached hydrogens (tertiary/aromatic N) is 1. The van der Waals surface area contributed by atoms with Crippen LogP contribution in [-0.4, -0.2) is 37.0 Å². The summed E-state index contributed by atoms with van der Waals surface area (Å²) in [5, 5.41) is 6.61. The highest BCUT2D eigenvalue weighted by Crippen LogP contribution is 2.26. The summed E-state index contributed by atoms with van der Waals surface area (Å²) in [4.78, 5) is 14.1. The predicted molar refractivity (Wildman–Crippen MR) is 75.3 cm³/mol. The van der Waals surface area contributed by atoms with Crippen LogP contribution in [0, 0.1) is 0 Å². The number of benzene rings is 1. The van der Waals surface area contributed by atoms with E-state index in [1.54, 1.807) is 4.90 Å². The lowest BCUT2D eigenvalue weighted by Crippen LogP contribution is -2.34. The second kappa shape index (κ2) is 5.29. The molecule has 0 fully saturated rings. The molecule has 0 saturated carbocycles. The van der Waals surface area contributed by atoms with E-state index in [2.05, 4.69) is 24.5 Å². The highest BCUT2D eigenvalue weighted by atomic mass is 16.2. The molecule has 98 valence electrons. The third-order valence-electron chi connectivity index (χ3n) is 3.59. The van der Waals surface area contributed by atoms with Crippen molar-refractivity contribution in [2.45, 2.75) is 26.3 Å². The Hall–Kier alpha value is -1.71. The molecule has 0 aliphatic carbocycles. The van der Waals surface area contributed by atoms with Gasteiger partial charge in [-0.1, -0.05) is 6.92 Å². The number of hydrogen-bond donors (Lipinski definition) is 2. The van der Waals surface area contributed by atoms with Crippen LogP contribution in [0.2, 0.25) is 0 Å². The summed E-state index contributed by atoms with van der Waals surface area (Å²) in [6.07, 6.45) is 0.965. The number of carbonyl (C=O) groups excluding carboxylic acids is 1. The molecule has 0 bridgehead atoms. The van der Waals surface area contributed by atoms with Crippen molar-refractivity contribution in [1.82, 2.24) is 4.90 Å². The molecule has 1 heterocycles. The average molecular weight is 247 g/mol. The van der Waals surface area contributed by atoms with E-state index in [0.29, 0.717) is 0 Å². The Balaban J connectivity index is 2.20. The Morgan fingerprint density at radius 2 is 2.00 bits per heavy atom. The maximum atomic E-state index is 12.3. The molecule has 1 unspecified atom stereocenters. The third-order valence-corrected chi connectivity index (χ3v) is 3.59. The van der Waals surface area contributed by atoms with E-state index in [-0.39, 0.29) is 11.9 Å². The Bertz CT molecular complexity index is 445. The SMILES string of the molecule is CCC(C)N(C)C(=O)c1ccc2c(c1)NCCN2. The molecule has 1 aromatic rings. The first-order valence-corrected chi connectivity index (χ1v) is 6.52. The van der Waals surface area contributed by atoms with Gasteiger partial charge in [-0.3, -0.25) is 4.79 Å². The second-order valence-electron chi connectivity index (χ2n) is 4.79. The number of nitrogens with one attached hydrogen (secondary N) is 2. The summed E-state index contributed by atoms with van der Waals surface area (Å²) < 4.78 is 0. The Morgan fingerprint density at radius 3 is 2.67 bits per heavy atom. The van der Waals surface area contributed by atoms with Crippen molar-refractivity contribution in [1.29, 1.82) is 0 Å². The van der Waals surface area contributed by atoms with Crippen LogP contribution < -0.4 is 10.6 Å². The summed E-state index contributed by atoms with van der Waals surface area (Å²) in [5.41, 5.74) is 2.83. The van der Waals surface area contributed by atoms with Crippen LogP contribution in [0.5, 0.6) is 0 Å². The number of fused-ring (bicyclic) bond motifs is 1. The standard InChI is InChI=1S/C14H21N3O/c1-4-10(2)17(3)14(18)11-5-6-12-13(9-11)16-8-7-15-12/h5-6,9-10,15-16H,4,7-8H2,1-3H3. The van der Waals surface area contributed by atoms with E-state index in [1.807, 2.05) is 25.2 Å². The minimum atomic E-state index is 0.0829. The van der Waals surface area contributed by atoms with E-state index in [9.17, 15) is 4.79 Å². The van der Waals surface area contributed by atoms with E-state index in [4.69, 9.17) is 0 Å². The van der Waals surface area contributed by atoms with E-state index in [0.717, 1.165) is 36.4 Å². The Morgan fingerprint density at radius 1 is 1.33 bits per heavy atom. The summed E-state index contributed by atoms with van der Waals surface area (Å²) in [5.74, 6) is 0.0829. The maximum absolute atomic E-state index is 12.3. The molecule has 0 aromatic heterocycles. The summed E-state index contributed by atoms with van der Waals surface area (Å²) in [7, 11) is 1.86. The van der Waals surface area contributed by atoms with Gasteiger partial charge in [-0.05, 0) is 31.5 Å². The maximum Gasteiger partial charge on any atom is 0.253 e. The summed E-state index contributed by atoms with van der Waals surface area (Å²) in [6.45, 7) is 5.97. The topological polar surface area (TPSA) is 44.4 Å². The van der Waals surface area contributed by atoms with Gasteiger partial charge in [0.2, 0.25) is 0 Å². The van der Waals surface area contributed by atoms with Crippen LogP contribution >= 0.6 is 0 Å². The van der Waals surface area contributed by atoms with Crippen molar-refractivity contribution in [3.05, 3.63) is 23.8 Å². The molecular weight excluding hydrogens is 226 g/mol. The first-order chi connectivity index (χ1) is 8.63. The molecule has 0 saturated heterocycles. The predicted octanol–water partition coefficient (Wildman–Crippen LogP) is 2.39. The molecule has 1 amide bonds. The van der Waals surface area contributed by atoms with Crippen molar-refractivity contribution in [3.63, 3.8) is 0 Å². The molecule has 2 N–H and O–H groups in total. The number of hydrogen-bond acceptors (Lipinski definition) is 3. The van der Waals surface area contributed by atoms with Crippen LogP contribution in [0.4, 0.5) is 11.4 Å². The molecule has 0 spiro atoms. The van der Waals surface area contributed by atoms with Crippen LogP contribution in [-0.2, 0) is 0 Å². The van der Waals surface area contributed by atoms with Gasteiger partial charge in [-0.15, -0.1) is 0 Å². The molecule has 0 radical (unpaired) electrons. The van der Waals surface area contributed by atoms with Gasteiger partial charge < -0.3 is 15.5 Å². The van der Waals surface area contributed by atoms with Crippen LogP contribution in [0.3, 0.4) is 0 Å². The van der Waals surface area contributed by atoms with Crippen molar-refractivity contribution in [2.24, 2.45) is 0 Å². The number of anilines is 2. The Kier molecular flexibility index (Phi) is 3.75. The lowest BCUT2D eigenvalue weighted by molar-refractivity contribution is 0.0740. The molecule has 2 rings (SSSR count). The zero-order chi connectivity index (χ0) is 13.1. The fraction of sp³-hybridized carbons (Fsp3) is 0.500. The molecule has 4 heteroatoms. The van der Waals surface area contributed by atoms with Crippen LogP contribution in [0.1, 0.15) is 30.6 Å². The lowest BCUT2D eigenvalue weighted by atomic mass is 10.1. The quantitative estimate of drug-likeness (QED) is 0.862. The average Bonchev–Trinajstić information content (AvgIpc) is 2.44. The first kappa shape index (κ1) is 12.7. The fourth-order valence-electron chi connectivity index (χ4n) is 2.05. The zero-order valence-electron chi connectivity index (χ0n) is 11.3. The zero-order valence-corrected chi connectivity index (χ0v) is 11.3. The largest absolute Gasteiger partial charge is 0.382 e. The van der Waals surface area contributed by atoms with E-state index >= 15 is 0 Å². The molecule has 1 aliphatic rings. The number of carbonyl (C=O) groups is 1. The van der Waals surface area contributed by atoms with Crippen molar-refractivity contribution in [2.75, 3.05) is 30.8 Å². The third kappa shape index (κ3) is 2.42. The molecule has 4 nitrogen and oxygen atoms in total. The minimum Gasteiger partial charge on any atom is -0.382 e. The van der Waals surface area contributed by atoms with Crippen LogP contribution in [0.25, 0.3) is 0 Å². The molecule has 1 aromatic carbocycles. The highest BCUT2D eigenvalue weighted by molar-refractivity contribution is 5.96. The van der Waals surface area contributed by atoms with Gasteiger partial charge in [0.25, 0.3) is 5.91 Å². The number of rotatable bonds is 3. The molecule has 1 atom stereocenters. The highest BCUT2D eigenvalue weighted by Gasteiger charge is 2.18. The van der Waals surface area contributed by atoms with Gasteiger partial charge in [0, 0.05) is 31.7 Å². The second-order valence-corrected chi connectivity index (χ2v) is 4.79. The summed E-state index contributed by atoms with van der Waals surface area (Å²) >= 11 is 0. The monoisotopic (exact) mass is 247 g/mol. The van der Waals surface area contributed by atoms with Gasteiger partial charge in [0.1, 0.15) is 0 Å². The van der Waals surface area contributed by atoms with Gasteiger partial charge in [-0.25, -0.2) is 0 Å². The molecule has 1 aliphatic heterocycles. The minimum absolute atomic E-state index is 0.0829. The molecular formula is C14H21N3O. The van der Waals surface area contributed by atoms with Crippen molar-refractivity contribution < 1.29 is 4.79 Å². The van der Waals surface area contributed by atoms with Gasteiger partial charge >= 0.3 is 0 Å².